The lowest BCUT2D eigenvalue weighted by Gasteiger charge is -2.32. The number of aromatic nitrogens is 1. The van der Waals surface area contributed by atoms with Crippen LogP contribution in [0.15, 0.2) is 42.5 Å². The van der Waals surface area contributed by atoms with Gasteiger partial charge in [0.2, 0.25) is 0 Å². The lowest BCUT2D eigenvalue weighted by atomic mass is 9.91. The monoisotopic (exact) mass is 450 g/mol. The molecule has 0 aliphatic carbocycles. The second-order valence-corrected chi connectivity index (χ2v) is 7.30. The Morgan fingerprint density at radius 1 is 1.00 bits per heavy atom. The van der Waals surface area contributed by atoms with E-state index in [-0.39, 0.29) is 17.9 Å². The quantitative estimate of drug-likeness (QED) is 0.516. The van der Waals surface area contributed by atoms with Crippen LogP contribution in [-0.4, -0.2) is 33.5 Å². The van der Waals surface area contributed by atoms with Crippen LogP contribution in [-0.2, 0) is 12.2 Å². The molecule has 3 aromatic rings. The van der Waals surface area contributed by atoms with Gasteiger partial charge in [-0.3, -0.25) is 4.79 Å². The van der Waals surface area contributed by atoms with Gasteiger partial charge >= 0.3 is 12.4 Å². The van der Waals surface area contributed by atoms with Gasteiger partial charge in [-0.05, 0) is 30.3 Å². The fourth-order valence-corrected chi connectivity index (χ4v) is 3.48. The van der Waals surface area contributed by atoms with Gasteiger partial charge in [-0.2, -0.15) is 26.3 Å². The van der Waals surface area contributed by atoms with E-state index >= 15 is 0 Å². The smallest absolute Gasteiger partial charge is 0.389 e. The average Bonchev–Trinajstić information content (AvgIpc) is 3.08. The molecule has 0 atom stereocenters. The summed E-state index contributed by atoms with van der Waals surface area (Å²) >= 11 is 1.25. The van der Waals surface area contributed by atoms with Crippen LogP contribution >= 0.6 is 11.3 Å². The first-order chi connectivity index (χ1) is 13.9. The van der Waals surface area contributed by atoms with Crippen molar-refractivity contribution in [3.63, 3.8) is 0 Å². The number of hydrogen-bond acceptors (Lipinski definition) is 5. The number of nitrogens with one attached hydrogen (secondary N) is 1. The van der Waals surface area contributed by atoms with Crippen LogP contribution in [0.5, 0.6) is 0 Å². The number of aliphatic hydroxyl groups is 2. The number of carbonyl (C=O) groups is 1. The summed E-state index contributed by atoms with van der Waals surface area (Å²) in [5, 5.41) is 21.4. The number of hydrogen-bond donors (Lipinski definition) is 3. The number of thiazole rings is 1. The van der Waals surface area contributed by atoms with Crippen LogP contribution in [0.25, 0.3) is 10.2 Å². The maximum absolute atomic E-state index is 12.9. The van der Waals surface area contributed by atoms with Gasteiger partial charge in [0.1, 0.15) is 5.01 Å². The molecule has 0 aliphatic heterocycles. The fraction of sp³-hybridized carbons (Fsp3) is 0.222. The number of aliphatic hydroxyl groups excluding tert-OH is 1. The summed E-state index contributed by atoms with van der Waals surface area (Å²) in [7, 11) is 0. The Balaban J connectivity index is 1.84. The number of benzene rings is 2. The molecule has 160 valence electrons. The Morgan fingerprint density at radius 3 is 2.13 bits per heavy atom. The van der Waals surface area contributed by atoms with E-state index in [4.69, 9.17) is 5.11 Å². The summed E-state index contributed by atoms with van der Waals surface area (Å²) in [5.74, 6) is -0.791. The van der Waals surface area contributed by atoms with Gasteiger partial charge in [-0.15, -0.1) is 11.3 Å². The molecule has 0 radical (unpaired) electrons. The normalized spacial score (nSPS) is 12.9. The molecule has 30 heavy (non-hydrogen) atoms. The summed E-state index contributed by atoms with van der Waals surface area (Å²) in [5.41, 5.74) is -5.96. The second kappa shape index (κ2) is 7.52. The van der Waals surface area contributed by atoms with Gasteiger partial charge in [-0.25, -0.2) is 4.98 Å². The summed E-state index contributed by atoms with van der Waals surface area (Å²) in [6, 6.07) is 6.96. The SMILES string of the molecule is O=C(Nc1ccc2sc(CO)nc2c1)c1ccc(C(O)(C(F)(F)F)C(F)(F)F)cc1. The number of carbonyl (C=O) groups excluding carboxylic acids is 1. The number of amides is 1. The first-order valence-corrected chi connectivity index (χ1v) is 8.96. The van der Waals surface area contributed by atoms with Crippen molar-refractivity contribution in [1.29, 1.82) is 0 Å². The van der Waals surface area contributed by atoms with Crippen LogP contribution in [0.2, 0.25) is 0 Å². The molecule has 0 aliphatic rings. The van der Waals surface area contributed by atoms with E-state index < -0.39 is 29.4 Å². The molecule has 0 unspecified atom stereocenters. The van der Waals surface area contributed by atoms with E-state index in [9.17, 15) is 36.2 Å². The summed E-state index contributed by atoms with van der Waals surface area (Å²) in [6.45, 7) is -0.254. The van der Waals surface area contributed by atoms with E-state index in [1.807, 2.05) is 0 Å². The summed E-state index contributed by atoms with van der Waals surface area (Å²) < 4.78 is 78.3. The fourth-order valence-electron chi connectivity index (χ4n) is 2.67. The summed E-state index contributed by atoms with van der Waals surface area (Å²) in [6.07, 6.45) is -12.0. The Kier molecular flexibility index (Phi) is 5.52. The van der Waals surface area contributed by atoms with Crippen LogP contribution in [0.3, 0.4) is 0 Å². The predicted octanol–water partition coefficient (Wildman–Crippen LogP) is 4.35. The standard InChI is InChI=1S/C18H12F6N2O3S/c19-17(20,21)16(29,18(22,23)24)10-3-1-9(2-4-10)15(28)25-11-5-6-13-12(7-11)26-14(8-27)30-13/h1-7,27,29H,8H2,(H,25,28). The molecule has 1 aromatic heterocycles. The number of alkyl halides is 6. The van der Waals surface area contributed by atoms with Crippen molar-refractivity contribution in [1.82, 2.24) is 4.98 Å². The van der Waals surface area contributed by atoms with Gasteiger partial charge in [-0.1, -0.05) is 12.1 Å². The Morgan fingerprint density at radius 2 is 1.60 bits per heavy atom. The van der Waals surface area contributed by atoms with Crippen molar-refractivity contribution in [2.45, 2.75) is 24.6 Å². The van der Waals surface area contributed by atoms with Gasteiger partial charge in [0.05, 0.1) is 16.8 Å². The first kappa shape index (κ1) is 22.0. The zero-order chi connectivity index (χ0) is 22.3. The zero-order valence-electron chi connectivity index (χ0n) is 14.7. The molecule has 1 heterocycles. The zero-order valence-corrected chi connectivity index (χ0v) is 15.5. The Hall–Kier alpha value is -2.70. The van der Waals surface area contributed by atoms with Crippen molar-refractivity contribution in [2.75, 3.05) is 5.32 Å². The second-order valence-electron chi connectivity index (χ2n) is 6.19. The first-order valence-electron chi connectivity index (χ1n) is 8.15. The molecular weight excluding hydrogens is 438 g/mol. The molecule has 3 N–H and O–H groups in total. The summed E-state index contributed by atoms with van der Waals surface area (Å²) in [4.78, 5) is 16.4. The van der Waals surface area contributed by atoms with Crippen LogP contribution in [0, 0.1) is 0 Å². The third-order valence-corrected chi connectivity index (χ3v) is 5.23. The van der Waals surface area contributed by atoms with Crippen LogP contribution in [0.4, 0.5) is 32.0 Å². The third kappa shape index (κ3) is 3.85. The number of nitrogens with zero attached hydrogens (tertiary/aromatic N) is 1. The maximum Gasteiger partial charge on any atom is 0.430 e. The van der Waals surface area contributed by atoms with Gasteiger partial charge in [0, 0.05) is 16.8 Å². The topological polar surface area (TPSA) is 82.5 Å². The average molecular weight is 450 g/mol. The molecule has 0 saturated carbocycles. The van der Waals surface area contributed by atoms with Crippen LogP contribution < -0.4 is 5.32 Å². The van der Waals surface area contributed by atoms with Gasteiger partial charge in [0.25, 0.3) is 11.5 Å². The molecule has 1 amide bonds. The van der Waals surface area contributed by atoms with Crippen molar-refractivity contribution in [2.24, 2.45) is 0 Å². The van der Waals surface area contributed by atoms with Crippen molar-refractivity contribution < 1.29 is 41.4 Å². The van der Waals surface area contributed by atoms with Crippen molar-refractivity contribution in [3.05, 3.63) is 58.6 Å². The molecule has 5 nitrogen and oxygen atoms in total. The molecule has 12 heteroatoms. The van der Waals surface area contributed by atoms with Crippen LogP contribution in [0.1, 0.15) is 20.9 Å². The van der Waals surface area contributed by atoms with E-state index in [1.165, 1.54) is 23.5 Å². The minimum absolute atomic E-state index is 0.222. The highest BCUT2D eigenvalue weighted by Crippen LogP contribution is 2.49. The minimum atomic E-state index is -6.01. The molecule has 0 saturated heterocycles. The molecule has 0 spiro atoms. The molecule has 0 fully saturated rings. The molecule has 0 bridgehead atoms. The van der Waals surface area contributed by atoms with Gasteiger partial charge in [0.15, 0.2) is 0 Å². The van der Waals surface area contributed by atoms with E-state index in [2.05, 4.69) is 10.3 Å². The Bertz CT molecular complexity index is 1060. The molecule has 2 aromatic carbocycles. The minimum Gasteiger partial charge on any atom is -0.389 e. The van der Waals surface area contributed by atoms with Crippen molar-refractivity contribution >= 4 is 33.1 Å². The number of anilines is 1. The number of rotatable bonds is 4. The lowest BCUT2D eigenvalue weighted by Crippen LogP contribution is -2.53. The third-order valence-electron chi connectivity index (χ3n) is 4.21. The predicted molar refractivity (Wildman–Crippen MR) is 95.9 cm³/mol. The highest BCUT2D eigenvalue weighted by Gasteiger charge is 2.71. The van der Waals surface area contributed by atoms with E-state index in [0.29, 0.717) is 22.7 Å². The molecular formula is C18H12F6N2O3S. The lowest BCUT2D eigenvalue weighted by molar-refractivity contribution is -0.376. The highest BCUT2D eigenvalue weighted by molar-refractivity contribution is 7.18. The maximum atomic E-state index is 12.9. The van der Waals surface area contributed by atoms with Crippen molar-refractivity contribution in [3.8, 4) is 0 Å². The number of halogens is 6. The largest absolute Gasteiger partial charge is 0.430 e. The highest BCUT2D eigenvalue weighted by atomic mass is 32.1. The van der Waals surface area contributed by atoms with Gasteiger partial charge < -0.3 is 15.5 Å². The Labute approximate surface area is 168 Å². The molecule has 3 rings (SSSR count). The van der Waals surface area contributed by atoms with E-state index in [1.54, 1.807) is 6.07 Å². The number of fused-ring (bicyclic) bond motifs is 1. The van der Waals surface area contributed by atoms with E-state index in [0.717, 1.165) is 16.8 Å².